The summed E-state index contributed by atoms with van der Waals surface area (Å²) in [6.07, 6.45) is 4.10. The number of hydrogen-bond donors (Lipinski definition) is 2. The molecule has 0 aliphatic carbocycles. The average Bonchev–Trinajstić information content (AvgIpc) is 3.22. The third-order valence-corrected chi connectivity index (χ3v) is 5.20. The predicted molar refractivity (Wildman–Crippen MR) is 120 cm³/mol. The van der Waals surface area contributed by atoms with Crippen molar-refractivity contribution in [3.8, 4) is 0 Å². The van der Waals surface area contributed by atoms with E-state index in [2.05, 4.69) is 39.4 Å². The van der Waals surface area contributed by atoms with E-state index in [0.29, 0.717) is 17.0 Å². The molecule has 0 aromatic carbocycles. The molecule has 1 aromatic rings. The number of rotatable bonds is 5. The van der Waals surface area contributed by atoms with E-state index in [1.807, 2.05) is 12.1 Å². The minimum absolute atomic E-state index is 0. The van der Waals surface area contributed by atoms with Gasteiger partial charge in [-0.2, -0.15) is 0 Å². The van der Waals surface area contributed by atoms with Crippen molar-refractivity contribution in [2.45, 2.75) is 25.8 Å². The van der Waals surface area contributed by atoms with Gasteiger partial charge in [0.25, 0.3) is 0 Å². The highest BCUT2D eigenvalue weighted by molar-refractivity contribution is 14.0. The Kier molecular flexibility index (Phi) is 8.69. The maximum Gasteiger partial charge on any atom is 0.191 e. The third-order valence-electron chi connectivity index (χ3n) is 4.91. The van der Waals surface area contributed by atoms with E-state index in [9.17, 15) is 0 Å². The molecule has 2 atom stereocenters. The van der Waals surface area contributed by atoms with Gasteiger partial charge in [0, 0.05) is 45.0 Å². The second-order valence-electron chi connectivity index (χ2n) is 7.02. The number of likely N-dealkylation sites (tertiary alicyclic amines) is 1. The third kappa shape index (κ3) is 5.85. The highest BCUT2D eigenvalue weighted by Gasteiger charge is 2.26. The van der Waals surface area contributed by atoms with Gasteiger partial charge in [-0.25, -0.2) is 4.98 Å². The molecule has 2 unspecified atom stereocenters. The molecule has 2 saturated heterocycles. The topological polar surface area (TPSA) is 55.8 Å². The molecule has 3 heterocycles. The van der Waals surface area contributed by atoms with Crippen molar-refractivity contribution in [2.24, 2.45) is 10.9 Å². The van der Waals surface area contributed by atoms with Gasteiger partial charge in [0.05, 0.1) is 5.02 Å². The smallest absolute Gasteiger partial charge is 0.191 e. The molecule has 2 fully saturated rings. The molecular formula is C18H30ClIN6. The molecule has 2 aliphatic heterocycles. The van der Waals surface area contributed by atoms with Crippen molar-refractivity contribution in [1.29, 1.82) is 0 Å². The number of nitrogens with one attached hydrogen (secondary N) is 2. The first-order valence-corrected chi connectivity index (χ1v) is 9.62. The fraction of sp³-hybridized carbons (Fsp3) is 0.667. The van der Waals surface area contributed by atoms with Crippen LogP contribution < -0.4 is 15.5 Å². The van der Waals surface area contributed by atoms with E-state index in [4.69, 9.17) is 16.6 Å². The minimum atomic E-state index is 0. The zero-order valence-electron chi connectivity index (χ0n) is 15.6. The fourth-order valence-electron chi connectivity index (χ4n) is 3.59. The summed E-state index contributed by atoms with van der Waals surface area (Å²) in [5.41, 5.74) is 0. The molecule has 0 spiro atoms. The molecular weight excluding hydrogens is 463 g/mol. The molecule has 0 radical (unpaired) electrons. The maximum atomic E-state index is 6.28. The molecule has 3 rings (SSSR count). The van der Waals surface area contributed by atoms with Crippen LogP contribution in [0.15, 0.2) is 23.3 Å². The van der Waals surface area contributed by atoms with E-state index in [1.165, 1.54) is 13.0 Å². The predicted octanol–water partition coefficient (Wildman–Crippen LogP) is 2.44. The summed E-state index contributed by atoms with van der Waals surface area (Å²) >= 11 is 6.28. The molecule has 0 saturated carbocycles. The lowest BCUT2D eigenvalue weighted by Crippen LogP contribution is -2.45. The van der Waals surface area contributed by atoms with E-state index in [1.54, 1.807) is 6.20 Å². The first-order chi connectivity index (χ1) is 12.2. The summed E-state index contributed by atoms with van der Waals surface area (Å²) in [7, 11) is 2.18. The molecule has 0 bridgehead atoms. The Morgan fingerprint density at radius 2 is 2.19 bits per heavy atom. The van der Waals surface area contributed by atoms with Crippen LogP contribution in [0.1, 0.15) is 19.8 Å². The molecule has 0 amide bonds. The number of nitrogens with zero attached hydrogens (tertiary/aromatic N) is 4. The normalized spacial score (nSPS) is 23.8. The second-order valence-corrected chi connectivity index (χ2v) is 7.43. The maximum absolute atomic E-state index is 6.28. The van der Waals surface area contributed by atoms with Gasteiger partial charge in [0.1, 0.15) is 5.82 Å². The Hall–Kier alpha value is -0.800. The van der Waals surface area contributed by atoms with E-state index in [-0.39, 0.29) is 24.0 Å². The van der Waals surface area contributed by atoms with Crippen LogP contribution in [0.4, 0.5) is 5.82 Å². The molecule has 2 N–H and O–H groups in total. The van der Waals surface area contributed by atoms with Crippen LogP contribution in [0.2, 0.25) is 5.02 Å². The van der Waals surface area contributed by atoms with Gasteiger partial charge in [-0.05, 0) is 51.4 Å². The molecule has 2 aliphatic rings. The average molecular weight is 493 g/mol. The van der Waals surface area contributed by atoms with Crippen molar-refractivity contribution in [3.05, 3.63) is 23.4 Å². The SMILES string of the molecule is CCNC(=NCC1CCN(C)C1)NC1CCN(c2ncccc2Cl)C1.I. The highest BCUT2D eigenvalue weighted by Crippen LogP contribution is 2.25. The standard InChI is InChI=1S/C18H29ClN6.HI/c1-3-20-18(22-11-14-6-9-24(2)12-14)23-15-7-10-25(13-15)17-16(19)5-4-8-21-17;/h4-5,8,14-15H,3,6-7,9-13H2,1-2H3,(H2,20,22,23);1H. The summed E-state index contributed by atoms with van der Waals surface area (Å²) in [4.78, 5) is 13.9. The second kappa shape index (κ2) is 10.5. The first-order valence-electron chi connectivity index (χ1n) is 9.24. The van der Waals surface area contributed by atoms with E-state index < -0.39 is 0 Å². The van der Waals surface area contributed by atoms with Gasteiger partial charge in [-0.3, -0.25) is 4.99 Å². The molecule has 146 valence electrons. The van der Waals surface area contributed by atoms with Gasteiger partial charge >= 0.3 is 0 Å². The summed E-state index contributed by atoms with van der Waals surface area (Å²) in [6, 6.07) is 4.13. The summed E-state index contributed by atoms with van der Waals surface area (Å²) in [5.74, 6) is 2.48. The number of guanidine groups is 1. The van der Waals surface area contributed by atoms with Gasteiger partial charge in [-0.1, -0.05) is 11.6 Å². The van der Waals surface area contributed by atoms with Crippen molar-refractivity contribution in [1.82, 2.24) is 20.5 Å². The first kappa shape index (κ1) is 21.5. The minimum Gasteiger partial charge on any atom is -0.357 e. The quantitative estimate of drug-likeness (QED) is 0.376. The van der Waals surface area contributed by atoms with Crippen molar-refractivity contribution >= 4 is 47.4 Å². The number of hydrogen-bond acceptors (Lipinski definition) is 4. The monoisotopic (exact) mass is 492 g/mol. The van der Waals surface area contributed by atoms with Crippen LogP contribution in [-0.4, -0.2) is 68.2 Å². The largest absolute Gasteiger partial charge is 0.357 e. The number of pyridine rings is 1. The highest BCUT2D eigenvalue weighted by atomic mass is 127. The molecule has 8 heteroatoms. The number of halogens is 2. The summed E-state index contributed by atoms with van der Waals surface area (Å²) < 4.78 is 0. The number of aliphatic imine (C=N–C) groups is 1. The Balaban J connectivity index is 0.00000243. The van der Waals surface area contributed by atoms with Gasteiger partial charge in [0.15, 0.2) is 5.96 Å². The van der Waals surface area contributed by atoms with Crippen LogP contribution in [0.3, 0.4) is 0 Å². The summed E-state index contributed by atoms with van der Waals surface area (Å²) in [6.45, 7) is 8.07. The lowest BCUT2D eigenvalue weighted by Gasteiger charge is -2.20. The van der Waals surface area contributed by atoms with Crippen LogP contribution in [-0.2, 0) is 0 Å². The summed E-state index contributed by atoms with van der Waals surface area (Å²) in [5, 5.41) is 7.68. The Labute approximate surface area is 178 Å². The molecule has 1 aromatic heterocycles. The number of aromatic nitrogens is 1. The zero-order valence-corrected chi connectivity index (χ0v) is 18.7. The van der Waals surface area contributed by atoms with Gasteiger partial charge in [-0.15, -0.1) is 24.0 Å². The van der Waals surface area contributed by atoms with Crippen LogP contribution in [0, 0.1) is 5.92 Å². The van der Waals surface area contributed by atoms with Crippen molar-refractivity contribution in [3.63, 3.8) is 0 Å². The fourth-order valence-corrected chi connectivity index (χ4v) is 3.83. The van der Waals surface area contributed by atoms with Crippen LogP contribution in [0.5, 0.6) is 0 Å². The molecule has 6 nitrogen and oxygen atoms in total. The van der Waals surface area contributed by atoms with E-state index in [0.717, 1.165) is 50.9 Å². The lowest BCUT2D eigenvalue weighted by atomic mass is 10.1. The number of anilines is 1. The van der Waals surface area contributed by atoms with Crippen molar-refractivity contribution < 1.29 is 0 Å². The Morgan fingerprint density at radius 1 is 1.35 bits per heavy atom. The van der Waals surface area contributed by atoms with E-state index >= 15 is 0 Å². The van der Waals surface area contributed by atoms with Crippen LogP contribution in [0.25, 0.3) is 0 Å². The van der Waals surface area contributed by atoms with Crippen molar-refractivity contribution in [2.75, 3.05) is 51.2 Å². The lowest BCUT2D eigenvalue weighted by molar-refractivity contribution is 0.397. The Morgan fingerprint density at radius 3 is 2.88 bits per heavy atom. The Bertz CT molecular complexity index is 599. The van der Waals surface area contributed by atoms with Gasteiger partial charge in [0.2, 0.25) is 0 Å². The van der Waals surface area contributed by atoms with Gasteiger partial charge < -0.3 is 20.4 Å². The van der Waals surface area contributed by atoms with Crippen LogP contribution >= 0.6 is 35.6 Å². The molecule has 26 heavy (non-hydrogen) atoms. The zero-order chi connectivity index (χ0) is 17.6.